The Kier molecular flexibility index (Phi) is 7.64. The van der Waals surface area contributed by atoms with E-state index < -0.39 is 11.3 Å². The lowest BCUT2D eigenvalue weighted by atomic mass is 10.2. The Morgan fingerprint density at radius 1 is 1.10 bits per heavy atom. The molecule has 2 aromatic heterocycles. The van der Waals surface area contributed by atoms with Crippen molar-refractivity contribution in [2.75, 3.05) is 6.54 Å². The van der Waals surface area contributed by atoms with Gasteiger partial charge in [0.05, 0.1) is 5.25 Å². The van der Waals surface area contributed by atoms with Gasteiger partial charge in [-0.05, 0) is 36.4 Å². The molecule has 2 N–H and O–H groups in total. The summed E-state index contributed by atoms with van der Waals surface area (Å²) in [4.78, 5) is 25.5. The molecular formula is C21H25N5O2S2. The molecule has 0 aliphatic heterocycles. The standard InChI is InChI=1S/C21H25N5O2S2/c1-14(2)13-22-20(28)23-19(27)15(3)30-21-25-24-18(12-17-10-7-11-29-17)26(21)16-8-5-4-6-9-16/h4-11,14-15H,12-13H2,1-3H3,(H2,22,23,27,28). The number of hydrogen-bond acceptors (Lipinski definition) is 6. The minimum atomic E-state index is -0.518. The SMILES string of the molecule is CC(C)CNC(=O)NC(=O)C(C)Sc1nnc(Cc2cccs2)n1-c1ccccc1. The molecule has 0 fully saturated rings. The van der Waals surface area contributed by atoms with Crippen LogP contribution in [0.2, 0.25) is 0 Å². The monoisotopic (exact) mass is 443 g/mol. The summed E-state index contributed by atoms with van der Waals surface area (Å²) >= 11 is 2.94. The molecule has 1 unspecified atom stereocenters. The normalized spacial score (nSPS) is 12.0. The highest BCUT2D eigenvalue weighted by molar-refractivity contribution is 8.00. The predicted molar refractivity (Wildman–Crippen MR) is 120 cm³/mol. The number of hydrogen-bond donors (Lipinski definition) is 2. The van der Waals surface area contributed by atoms with Crippen LogP contribution in [0.5, 0.6) is 0 Å². The van der Waals surface area contributed by atoms with Crippen molar-refractivity contribution in [1.29, 1.82) is 0 Å². The average molecular weight is 444 g/mol. The zero-order valence-electron chi connectivity index (χ0n) is 17.2. The number of imide groups is 1. The molecule has 0 aliphatic rings. The fraction of sp³-hybridized carbons (Fsp3) is 0.333. The van der Waals surface area contributed by atoms with E-state index in [0.29, 0.717) is 24.0 Å². The van der Waals surface area contributed by atoms with E-state index in [-0.39, 0.29) is 5.91 Å². The fourth-order valence-electron chi connectivity index (χ4n) is 2.66. The molecule has 0 bridgehead atoms. The maximum atomic E-state index is 12.5. The Labute approximate surface area is 184 Å². The Hall–Kier alpha value is -2.65. The molecule has 0 saturated heterocycles. The van der Waals surface area contributed by atoms with Gasteiger partial charge in [0.25, 0.3) is 0 Å². The number of thiophene rings is 1. The number of thioether (sulfide) groups is 1. The quantitative estimate of drug-likeness (QED) is 0.516. The second-order valence-electron chi connectivity index (χ2n) is 7.18. The van der Waals surface area contributed by atoms with Crippen LogP contribution in [0, 0.1) is 5.92 Å². The summed E-state index contributed by atoms with van der Waals surface area (Å²) in [6, 6.07) is 13.4. The van der Waals surface area contributed by atoms with Crippen molar-refractivity contribution in [3.63, 3.8) is 0 Å². The Morgan fingerprint density at radius 3 is 2.53 bits per heavy atom. The van der Waals surface area contributed by atoms with Gasteiger partial charge in [-0.1, -0.05) is 49.9 Å². The molecule has 0 spiro atoms. The van der Waals surface area contributed by atoms with E-state index in [2.05, 4.69) is 26.9 Å². The van der Waals surface area contributed by atoms with Crippen molar-refractivity contribution in [3.05, 3.63) is 58.5 Å². The zero-order chi connectivity index (χ0) is 21.5. The van der Waals surface area contributed by atoms with E-state index in [1.165, 1.54) is 16.6 Å². The third-order valence-electron chi connectivity index (χ3n) is 4.19. The number of benzene rings is 1. The van der Waals surface area contributed by atoms with Crippen LogP contribution >= 0.6 is 23.1 Å². The third-order valence-corrected chi connectivity index (χ3v) is 6.11. The molecule has 3 rings (SSSR count). The van der Waals surface area contributed by atoms with Gasteiger partial charge < -0.3 is 5.32 Å². The van der Waals surface area contributed by atoms with Gasteiger partial charge in [0.2, 0.25) is 5.91 Å². The van der Waals surface area contributed by atoms with Crippen molar-refractivity contribution in [3.8, 4) is 5.69 Å². The van der Waals surface area contributed by atoms with Crippen molar-refractivity contribution >= 4 is 35.0 Å². The first-order chi connectivity index (χ1) is 14.4. The highest BCUT2D eigenvalue weighted by Crippen LogP contribution is 2.27. The van der Waals surface area contributed by atoms with E-state index >= 15 is 0 Å². The van der Waals surface area contributed by atoms with Crippen molar-refractivity contribution < 1.29 is 9.59 Å². The van der Waals surface area contributed by atoms with E-state index in [1.807, 2.05) is 60.2 Å². The van der Waals surface area contributed by atoms with E-state index in [4.69, 9.17) is 0 Å². The average Bonchev–Trinajstić information content (AvgIpc) is 3.37. The van der Waals surface area contributed by atoms with E-state index in [1.54, 1.807) is 18.3 Å². The number of rotatable bonds is 8. The van der Waals surface area contributed by atoms with Gasteiger partial charge in [-0.25, -0.2) is 4.79 Å². The van der Waals surface area contributed by atoms with Gasteiger partial charge in [-0.15, -0.1) is 21.5 Å². The largest absolute Gasteiger partial charge is 0.338 e. The van der Waals surface area contributed by atoms with Gasteiger partial charge in [-0.3, -0.25) is 14.7 Å². The van der Waals surface area contributed by atoms with Gasteiger partial charge in [0.1, 0.15) is 5.82 Å². The van der Waals surface area contributed by atoms with Crippen LogP contribution in [0.15, 0.2) is 53.0 Å². The number of nitrogens with one attached hydrogen (secondary N) is 2. The van der Waals surface area contributed by atoms with Crippen molar-refractivity contribution in [2.45, 2.75) is 37.6 Å². The van der Waals surface area contributed by atoms with Crippen LogP contribution in [0.1, 0.15) is 31.5 Å². The minimum Gasteiger partial charge on any atom is -0.338 e. The molecule has 3 aromatic rings. The number of urea groups is 1. The summed E-state index contributed by atoms with van der Waals surface area (Å²) in [6.07, 6.45) is 0.651. The molecule has 1 aromatic carbocycles. The summed E-state index contributed by atoms with van der Waals surface area (Å²) in [5, 5.41) is 15.9. The molecule has 9 heteroatoms. The second kappa shape index (κ2) is 10.4. The number of amides is 3. The fourth-order valence-corrected chi connectivity index (χ4v) is 4.25. The molecule has 0 radical (unpaired) electrons. The molecule has 0 aliphatic carbocycles. The topological polar surface area (TPSA) is 88.9 Å². The van der Waals surface area contributed by atoms with Crippen LogP contribution in [0.3, 0.4) is 0 Å². The maximum Gasteiger partial charge on any atom is 0.321 e. The highest BCUT2D eigenvalue weighted by atomic mass is 32.2. The predicted octanol–water partition coefficient (Wildman–Crippen LogP) is 3.88. The van der Waals surface area contributed by atoms with Crippen LogP contribution < -0.4 is 10.6 Å². The maximum absolute atomic E-state index is 12.5. The summed E-state index contributed by atoms with van der Waals surface area (Å²) in [7, 11) is 0. The van der Waals surface area contributed by atoms with Gasteiger partial charge in [0.15, 0.2) is 5.16 Å². The third kappa shape index (κ3) is 5.93. The summed E-state index contributed by atoms with van der Waals surface area (Å²) in [5.74, 6) is 0.737. The van der Waals surface area contributed by atoms with Crippen LogP contribution in [0.25, 0.3) is 5.69 Å². The number of aromatic nitrogens is 3. The molecule has 30 heavy (non-hydrogen) atoms. The van der Waals surface area contributed by atoms with Gasteiger partial charge in [0, 0.05) is 23.5 Å². The lowest BCUT2D eigenvalue weighted by Gasteiger charge is -2.14. The Morgan fingerprint density at radius 2 is 1.87 bits per heavy atom. The summed E-state index contributed by atoms with van der Waals surface area (Å²) < 4.78 is 1.97. The van der Waals surface area contributed by atoms with Crippen molar-refractivity contribution in [1.82, 2.24) is 25.4 Å². The Balaban J connectivity index is 1.75. The first-order valence-corrected chi connectivity index (χ1v) is 11.5. The van der Waals surface area contributed by atoms with Gasteiger partial charge >= 0.3 is 6.03 Å². The molecule has 158 valence electrons. The number of carbonyl (C=O) groups excluding carboxylic acids is 2. The second-order valence-corrected chi connectivity index (χ2v) is 9.52. The van der Waals surface area contributed by atoms with Crippen LogP contribution in [0.4, 0.5) is 4.79 Å². The van der Waals surface area contributed by atoms with E-state index in [0.717, 1.165) is 11.5 Å². The minimum absolute atomic E-state index is 0.309. The molecular weight excluding hydrogens is 418 g/mol. The smallest absolute Gasteiger partial charge is 0.321 e. The zero-order valence-corrected chi connectivity index (χ0v) is 18.8. The molecule has 7 nitrogen and oxygen atoms in total. The first-order valence-electron chi connectivity index (χ1n) is 9.71. The lowest BCUT2D eigenvalue weighted by molar-refractivity contribution is -0.119. The van der Waals surface area contributed by atoms with E-state index in [9.17, 15) is 9.59 Å². The Bertz CT molecular complexity index is 971. The first kappa shape index (κ1) is 22.0. The molecule has 0 saturated carbocycles. The number of carbonyl (C=O) groups is 2. The summed E-state index contributed by atoms with van der Waals surface area (Å²) in [5.41, 5.74) is 0.929. The number of para-hydroxylation sites is 1. The van der Waals surface area contributed by atoms with Crippen molar-refractivity contribution in [2.24, 2.45) is 5.92 Å². The molecule has 2 heterocycles. The molecule has 3 amide bonds. The number of nitrogens with zero attached hydrogens (tertiary/aromatic N) is 3. The molecule has 1 atom stereocenters. The van der Waals surface area contributed by atoms with Crippen LogP contribution in [-0.4, -0.2) is 38.5 Å². The summed E-state index contributed by atoms with van der Waals surface area (Å²) in [6.45, 7) is 6.24. The lowest BCUT2D eigenvalue weighted by Crippen LogP contribution is -2.43. The highest BCUT2D eigenvalue weighted by Gasteiger charge is 2.22. The van der Waals surface area contributed by atoms with Crippen LogP contribution in [-0.2, 0) is 11.2 Å². The van der Waals surface area contributed by atoms with Gasteiger partial charge in [-0.2, -0.15) is 0 Å².